The van der Waals surface area contributed by atoms with Gasteiger partial charge in [-0.2, -0.15) is 0 Å². The van der Waals surface area contributed by atoms with E-state index in [0.29, 0.717) is 5.25 Å². The molecule has 0 aromatic heterocycles. The molecule has 0 N–H and O–H groups in total. The highest BCUT2D eigenvalue weighted by molar-refractivity contribution is 8.09. The fraction of sp³-hybridized carbons (Fsp3) is 0.310. The van der Waals surface area contributed by atoms with E-state index in [1.54, 1.807) is 7.11 Å². The van der Waals surface area contributed by atoms with Gasteiger partial charge in [0.25, 0.3) is 0 Å². The van der Waals surface area contributed by atoms with Gasteiger partial charge in [-0.05, 0) is 77.4 Å². The lowest BCUT2D eigenvalue weighted by Crippen LogP contribution is -2.33. The van der Waals surface area contributed by atoms with Crippen molar-refractivity contribution in [3.8, 4) is 5.75 Å². The minimum atomic E-state index is 0.315. The van der Waals surface area contributed by atoms with Crippen molar-refractivity contribution in [3.05, 3.63) is 99.7 Å². The Balaban J connectivity index is 1.29. The average molecular weight is 456 g/mol. The number of methoxy groups -OCH3 is 1. The van der Waals surface area contributed by atoms with Gasteiger partial charge >= 0.3 is 0 Å². The molecule has 3 nitrogen and oxygen atoms in total. The average Bonchev–Trinajstić information content (AvgIpc) is 3.39. The molecule has 0 bridgehead atoms. The van der Waals surface area contributed by atoms with Gasteiger partial charge in [0, 0.05) is 17.0 Å². The molecule has 4 aliphatic rings. The smallest absolute Gasteiger partial charge is 0.119 e. The number of hydrogen-bond acceptors (Lipinski definition) is 4. The molecule has 2 aromatic carbocycles. The van der Waals surface area contributed by atoms with E-state index in [1.807, 2.05) is 11.8 Å². The topological polar surface area (TPSA) is 21.7 Å². The molecule has 4 heteroatoms. The highest BCUT2D eigenvalue weighted by Crippen LogP contribution is 2.51. The third-order valence-corrected chi connectivity index (χ3v) is 8.31. The molecule has 1 fully saturated rings. The van der Waals surface area contributed by atoms with Crippen molar-refractivity contribution >= 4 is 22.2 Å². The Morgan fingerprint density at radius 3 is 2.48 bits per heavy atom. The Morgan fingerprint density at radius 2 is 1.70 bits per heavy atom. The highest BCUT2D eigenvalue weighted by Gasteiger charge is 2.35. The molecule has 2 heterocycles. The van der Waals surface area contributed by atoms with E-state index in [1.165, 1.54) is 70.0 Å². The van der Waals surface area contributed by atoms with Crippen LogP contribution in [0.25, 0.3) is 10.5 Å². The molecule has 0 saturated carbocycles. The van der Waals surface area contributed by atoms with Crippen LogP contribution in [-0.2, 0) is 4.74 Å². The van der Waals surface area contributed by atoms with Crippen LogP contribution in [0.1, 0.15) is 24.8 Å². The third kappa shape index (κ3) is 3.85. The van der Waals surface area contributed by atoms with Crippen molar-refractivity contribution in [2.75, 3.05) is 33.4 Å². The number of thioether (sulfide) groups is 1. The maximum Gasteiger partial charge on any atom is 0.119 e. The molecule has 2 aromatic rings. The number of benzene rings is 2. The van der Waals surface area contributed by atoms with E-state index in [9.17, 15) is 0 Å². The molecule has 0 spiro atoms. The number of ether oxygens (including phenoxy) is 2. The summed E-state index contributed by atoms with van der Waals surface area (Å²) < 4.78 is 11.6. The van der Waals surface area contributed by atoms with Gasteiger partial charge in [-0.25, -0.2) is 0 Å². The van der Waals surface area contributed by atoms with Crippen LogP contribution in [0.15, 0.2) is 83.7 Å². The van der Waals surface area contributed by atoms with Crippen LogP contribution >= 0.6 is 11.8 Å². The lowest BCUT2D eigenvalue weighted by atomic mass is 9.92. The zero-order chi connectivity index (χ0) is 22.2. The molecule has 33 heavy (non-hydrogen) atoms. The summed E-state index contributed by atoms with van der Waals surface area (Å²) in [7, 11) is 1.74. The molecule has 168 valence electrons. The Morgan fingerprint density at radius 1 is 0.909 bits per heavy atom. The van der Waals surface area contributed by atoms with Crippen LogP contribution in [0.5, 0.6) is 5.75 Å². The van der Waals surface area contributed by atoms with Gasteiger partial charge in [0.2, 0.25) is 0 Å². The molecule has 1 unspecified atom stereocenters. The first-order chi connectivity index (χ1) is 16.3. The van der Waals surface area contributed by atoms with Gasteiger partial charge in [0.1, 0.15) is 18.1 Å². The number of hydrogen-bond donors (Lipinski definition) is 0. The number of nitrogens with zero attached hydrogens (tertiary/aromatic N) is 1. The predicted octanol–water partition coefficient (Wildman–Crippen LogP) is 4.38. The molecule has 0 amide bonds. The number of piperidine rings is 1. The van der Waals surface area contributed by atoms with Gasteiger partial charge in [-0.3, -0.25) is 4.90 Å². The maximum absolute atomic E-state index is 6.09. The first-order valence-corrected chi connectivity index (χ1v) is 12.8. The summed E-state index contributed by atoms with van der Waals surface area (Å²) in [6.45, 7) is 4.20. The van der Waals surface area contributed by atoms with Crippen LogP contribution < -0.4 is 15.2 Å². The van der Waals surface area contributed by atoms with Crippen molar-refractivity contribution < 1.29 is 9.47 Å². The Labute approximate surface area is 199 Å². The normalized spacial score (nSPS) is 21.6. The van der Waals surface area contributed by atoms with E-state index < -0.39 is 0 Å². The standard InChI is InChI=1S/C29H29NO2S/c1-31-22-13-14-25-26(19-22)33-29-24-8-4-3-7-23(24)27(28(25)29)20-9-11-21(12-10-20)32-18-17-30-15-5-2-6-16-30/h3-4,7-14,19,26H,2,5-6,15-18H2,1H3. The van der Waals surface area contributed by atoms with E-state index in [0.717, 1.165) is 24.7 Å². The molecule has 2 aliphatic carbocycles. The summed E-state index contributed by atoms with van der Waals surface area (Å²) in [5.41, 5.74) is 5.35. The summed E-state index contributed by atoms with van der Waals surface area (Å²) in [6, 6.07) is 17.5. The Bertz CT molecular complexity index is 1280. The number of rotatable bonds is 6. The van der Waals surface area contributed by atoms with E-state index in [2.05, 4.69) is 71.7 Å². The fourth-order valence-electron chi connectivity index (χ4n) is 5.32. The number of allylic oxidation sites excluding steroid dienone is 2. The van der Waals surface area contributed by atoms with Gasteiger partial charge in [0.15, 0.2) is 0 Å². The maximum atomic E-state index is 6.09. The molecule has 6 rings (SSSR count). The fourth-order valence-corrected chi connectivity index (χ4v) is 6.74. The van der Waals surface area contributed by atoms with Crippen LogP contribution in [-0.4, -0.2) is 43.5 Å². The van der Waals surface area contributed by atoms with E-state index in [4.69, 9.17) is 9.47 Å². The van der Waals surface area contributed by atoms with Crippen LogP contribution in [0.4, 0.5) is 0 Å². The van der Waals surface area contributed by atoms with E-state index in [-0.39, 0.29) is 0 Å². The Hall–Kier alpha value is -2.69. The van der Waals surface area contributed by atoms with Crippen LogP contribution in [0.2, 0.25) is 0 Å². The van der Waals surface area contributed by atoms with Crippen molar-refractivity contribution in [1.82, 2.24) is 4.90 Å². The summed E-state index contributed by atoms with van der Waals surface area (Å²) in [5, 5.41) is 2.99. The monoisotopic (exact) mass is 455 g/mol. The zero-order valence-electron chi connectivity index (χ0n) is 19.0. The lowest BCUT2D eigenvalue weighted by molar-refractivity contribution is 0.183. The highest BCUT2D eigenvalue weighted by atomic mass is 32.2. The SMILES string of the molecule is COC1=CC2SC3=c4ccccc4=C(c4ccc(OCCN5CCCCC5)cc4)C3=C2C=C1. The molecule has 1 atom stereocenters. The quantitative estimate of drug-likeness (QED) is 0.644. The first kappa shape index (κ1) is 20.9. The summed E-state index contributed by atoms with van der Waals surface area (Å²) in [5.74, 6) is 1.90. The minimum Gasteiger partial charge on any atom is -0.497 e. The van der Waals surface area contributed by atoms with Gasteiger partial charge in [0.05, 0.1) is 12.4 Å². The first-order valence-electron chi connectivity index (χ1n) is 12.0. The molecular weight excluding hydrogens is 426 g/mol. The molecule has 1 saturated heterocycles. The van der Waals surface area contributed by atoms with Gasteiger partial charge < -0.3 is 9.47 Å². The largest absolute Gasteiger partial charge is 0.497 e. The zero-order valence-corrected chi connectivity index (χ0v) is 19.9. The number of fused-ring (bicyclic) bond motifs is 3. The second kappa shape index (κ2) is 8.92. The van der Waals surface area contributed by atoms with Crippen molar-refractivity contribution in [3.63, 3.8) is 0 Å². The van der Waals surface area contributed by atoms with Crippen molar-refractivity contribution in [2.45, 2.75) is 24.5 Å². The molecule has 0 radical (unpaired) electrons. The molecular formula is C29H29NO2S. The third-order valence-electron chi connectivity index (χ3n) is 7.00. The van der Waals surface area contributed by atoms with Crippen molar-refractivity contribution in [1.29, 1.82) is 0 Å². The van der Waals surface area contributed by atoms with Gasteiger partial charge in [-0.1, -0.05) is 48.9 Å². The predicted molar refractivity (Wildman–Crippen MR) is 136 cm³/mol. The second-order valence-electron chi connectivity index (χ2n) is 9.00. The molecule has 2 aliphatic heterocycles. The van der Waals surface area contributed by atoms with Crippen LogP contribution in [0, 0.1) is 0 Å². The van der Waals surface area contributed by atoms with E-state index >= 15 is 0 Å². The van der Waals surface area contributed by atoms with Crippen molar-refractivity contribution in [2.24, 2.45) is 0 Å². The minimum absolute atomic E-state index is 0.315. The summed E-state index contributed by atoms with van der Waals surface area (Å²) in [6.07, 6.45) is 10.6. The number of likely N-dealkylation sites (tertiary alicyclic amines) is 1. The lowest BCUT2D eigenvalue weighted by Gasteiger charge is -2.26. The van der Waals surface area contributed by atoms with Gasteiger partial charge in [-0.15, -0.1) is 11.8 Å². The summed E-state index contributed by atoms with van der Waals surface area (Å²) in [4.78, 5) is 3.91. The Kier molecular flexibility index (Phi) is 5.65. The summed E-state index contributed by atoms with van der Waals surface area (Å²) >= 11 is 1.94. The second-order valence-corrected chi connectivity index (χ2v) is 10.2. The van der Waals surface area contributed by atoms with Crippen LogP contribution in [0.3, 0.4) is 0 Å².